The number of benzene rings is 2. The molecule has 2 aromatic rings. The molecule has 25 heavy (non-hydrogen) atoms. The minimum absolute atomic E-state index is 0.236. The summed E-state index contributed by atoms with van der Waals surface area (Å²) in [5.41, 5.74) is 5.48. The Hall–Kier alpha value is -1.69. The molecule has 0 amide bonds. The van der Waals surface area contributed by atoms with E-state index in [9.17, 15) is 8.42 Å². The maximum Gasteiger partial charge on any atom is 0.276 e. The topological polar surface area (TPSA) is 63.4 Å². The quantitative estimate of drug-likeness (QED) is 0.899. The van der Waals surface area contributed by atoms with Gasteiger partial charge in [0.2, 0.25) is 0 Å². The molecule has 4 rings (SSSR count). The van der Waals surface area contributed by atoms with Crippen LogP contribution in [-0.4, -0.2) is 25.8 Å². The Bertz CT molecular complexity index is 831. The third-order valence-corrected chi connectivity index (χ3v) is 6.75. The molecule has 0 bridgehead atoms. The predicted molar refractivity (Wildman–Crippen MR) is 99.5 cm³/mol. The summed E-state index contributed by atoms with van der Waals surface area (Å²) in [5.74, 6) is 0.493. The number of aryl methyl sites for hydroxylation is 2. The zero-order chi connectivity index (χ0) is 17.4. The molecule has 4 nitrogen and oxygen atoms in total. The number of nitrogens with two attached hydrogens (primary N) is 1. The molecule has 0 aromatic heterocycles. The normalized spacial score (nSPS) is 22.0. The van der Waals surface area contributed by atoms with Crippen molar-refractivity contribution in [3.63, 3.8) is 0 Å². The van der Waals surface area contributed by atoms with Gasteiger partial charge in [-0.05, 0) is 53.9 Å². The lowest BCUT2D eigenvalue weighted by Crippen LogP contribution is -2.45. The highest BCUT2D eigenvalue weighted by Crippen LogP contribution is 2.42. The maximum atomic E-state index is 11.9. The summed E-state index contributed by atoms with van der Waals surface area (Å²) < 4.78 is 25.2. The molecule has 1 heterocycles. The van der Waals surface area contributed by atoms with Crippen molar-refractivity contribution in [3.05, 3.63) is 70.8 Å². The molecule has 2 aromatic carbocycles. The lowest BCUT2D eigenvalue weighted by atomic mass is 9.76. The summed E-state index contributed by atoms with van der Waals surface area (Å²) in [6.07, 6.45) is 3.96. The van der Waals surface area contributed by atoms with Gasteiger partial charge in [0.1, 0.15) is 0 Å². The summed E-state index contributed by atoms with van der Waals surface area (Å²) in [7, 11) is -3.63. The second kappa shape index (κ2) is 6.56. The molecule has 2 aliphatic rings. The van der Waals surface area contributed by atoms with E-state index in [-0.39, 0.29) is 11.8 Å². The first kappa shape index (κ1) is 16.8. The molecular weight excluding hydrogens is 332 g/mol. The molecule has 1 atom stereocenters. The number of hydrogen-bond acceptors (Lipinski definition) is 2. The van der Waals surface area contributed by atoms with Crippen LogP contribution in [0.25, 0.3) is 0 Å². The van der Waals surface area contributed by atoms with Crippen LogP contribution in [0.1, 0.15) is 41.0 Å². The maximum absolute atomic E-state index is 11.9. The third kappa shape index (κ3) is 3.24. The summed E-state index contributed by atoms with van der Waals surface area (Å²) in [5, 5.41) is 5.42. The fourth-order valence-electron chi connectivity index (χ4n) is 4.55. The van der Waals surface area contributed by atoms with Crippen LogP contribution in [0, 0.1) is 5.92 Å². The molecular formula is C20H24N2O2S. The Labute approximate surface area is 149 Å². The van der Waals surface area contributed by atoms with Gasteiger partial charge in [0.15, 0.2) is 0 Å². The summed E-state index contributed by atoms with van der Waals surface area (Å²) in [6, 6.07) is 17.3. The van der Waals surface area contributed by atoms with Crippen LogP contribution < -0.4 is 5.14 Å². The van der Waals surface area contributed by atoms with Crippen molar-refractivity contribution in [1.82, 2.24) is 4.31 Å². The molecule has 1 aliphatic carbocycles. The monoisotopic (exact) mass is 356 g/mol. The van der Waals surface area contributed by atoms with E-state index in [2.05, 4.69) is 48.5 Å². The smallest absolute Gasteiger partial charge is 0.216 e. The second-order valence-corrected chi connectivity index (χ2v) is 8.73. The summed E-state index contributed by atoms with van der Waals surface area (Å²) in [4.78, 5) is 0. The van der Waals surface area contributed by atoms with Crippen LogP contribution in [0.5, 0.6) is 0 Å². The van der Waals surface area contributed by atoms with Crippen LogP contribution in [-0.2, 0) is 23.1 Å². The number of piperidine rings is 1. The minimum Gasteiger partial charge on any atom is -0.216 e. The number of rotatable bonds is 2. The molecule has 1 fully saturated rings. The lowest BCUT2D eigenvalue weighted by molar-refractivity contribution is 0.249. The Kier molecular flexibility index (Phi) is 4.40. The average molecular weight is 356 g/mol. The Morgan fingerprint density at radius 3 is 2.04 bits per heavy atom. The average Bonchev–Trinajstić information content (AvgIpc) is 2.78. The van der Waals surface area contributed by atoms with Crippen molar-refractivity contribution in [3.8, 4) is 0 Å². The number of nitrogens with zero attached hydrogens (tertiary/aromatic N) is 1. The minimum atomic E-state index is -3.63. The Morgan fingerprint density at radius 2 is 1.48 bits per heavy atom. The first-order chi connectivity index (χ1) is 12.0. The zero-order valence-electron chi connectivity index (χ0n) is 14.3. The molecule has 0 radical (unpaired) electrons. The zero-order valence-corrected chi connectivity index (χ0v) is 15.1. The van der Waals surface area contributed by atoms with Gasteiger partial charge in [-0.2, -0.15) is 12.7 Å². The van der Waals surface area contributed by atoms with Gasteiger partial charge >= 0.3 is 0 Å². The highest BCUT2D eigenvalue weighted by Gasteiger charge is 2.35. The number of hydrogen-bond donors (Lipinski definition) is 1. The highest BCUT2D eigenvalue weighted by atomic mass is 32.2. The fourth-order valence-corrected chi connectivity index (χ4v) is 5.34. The molecule has 2 N–H and O–H groups in total. The van der Waals surface area contributed by atoms with Crippen molar-refractivity contribution in [2.75, 3.05) is 13.1 Å². The van der Waals surface area contributed by atoms with E-state index in [0.717, 1.165) is 25.7 Å². The van der Waals surface area contributed by atoms with Crippen LogP contribution in [0.2, 0.25) is 0 Å². The molecule has 0 saturated carbocycles. The van der Waals surface area contributed by atoms with Crippen LogP contribution in [0.3, 0.4) is 0 Å². The van der Waals surface area contributed by atoms with Crippen molar-refractivity contribution in [2.45, 2.75) is 31.6 Å². The highest BCUT2D eigenvalue weighted by molar-refractivity contribution is 7.86. The van der Waals surface area contributed by atoms with Gasteiger partial charge in [-0.1, -0.05) is 48.5 Å². The van der Waals surface area contributed by atoms with Gasteiger partial charge < -0.3 is 0 Å². The van der Waals surface area contributed by atoms with Crippen molar-refractivity contribution in [2.24, 2.45) is 11.1 Å². The van der Waals surface area contributed by atoms with Gasteiger partial charge in [-0.25, -0.2) is 5.14 Å². The molecule has 1 saturated heterocycles. The summed E-state index contributed by atoms with van der Waals surface area (Å²) >= 11 is 0. The van der Waals surface area contributed by atoms with Gasteiger partial charge in [0, 0.05) is 19.0 Å². The molecule has 1 unspecified atom stereocenters. The van der Waals surface area contributed by atoms with Gasteiger partial charge in [0.05, 0.1) is 0 Å². The molecule has 5 heteroatoms. The Morgan fingerprint density at radius 1 is 0.920 bits per heavy atom. The fraction of sp³-hybridized carbons (Fsp3) is 0.400. The second-order valence-electron chi connectivity index (χ2n) is 7.18. The molecule has 1 aliphatic heterocycles. The van der Waals surface area contributed by atoms with Gasteiger partial charge in [-0.3, -0.25) is 0 Å². The standard InChI is InChI=1S/C20H24N2O2S/c21-25(23,24)22-13-5-8-17(14-22)20-18-9-3-1-6-15(18)11-12-16-7-2-4-10-19(16)20/h1-4,6-7,9-10,17,20H,5,8,11-14H2,(H2,21,23,24). The van der Waals surface area contributed by atoms with E-state index >= 15 is 0 Å². The van der Waals surface area contributed by atoms with Crippen LogP contribution in [0.4, 0.5) is 0 Å². The van der Waals surface area contributed by atoms with E-state index < -0.39 is 10.2 Å². The van der Waals surface area contributed by atoms with Gasteiger partial charge in [0.25, 0.3) is 10.2 Å². The van der Waals surface area contributed by atoms with Gasteiger partial charge in [-0.15, -0.1) is 0 Å². The largest absolute Gasteiger partial charge is 0.276 e. The van der Waals surface area contributed by atoms with E-state index in [1.807, 2.05) is 0 Å². The van der Waals surface area contributed by atoms with Crippen molar-refractivity contribution in [1.29, 1.82) is 0 Å². The van der Waals surface area contributed by atoms with Crippen molar-refractivity contribution < 1.29 is 8.42 Å². The predicted octanol–water partition coefficient (Wildman–Crippen LogP) is 2.83. The molecule has 0 spiro atoms. The SMILES string of the molecule is NS(=O)(=O)N1CCCC(C2c3ccccc3CCc3ccccc32)C1. The number of fused-ring (bicyclic) bond motifs is 2. The molecule has 132 valence electrons. The van der Waals surface area contributed by atoms with E-state index in [4.69, 9.17) is 5.14 Å². The third-order valence-electron chi connectivity index (χ3n) is 5.70. The Balaban J connectivity index is 1.80. The summed E-state index contributed by atoms with van der Waals surface area (Å²) in [6.45, 7) is 1.04. The van der Waals surface area contributed by atoms with E-state index in [1.54, 1.807) is 0 Å². The van der Waals surface area contributed by atoms with Crippen LogP contribution >= 0.6 is 0 Å². The van der Waals surface area contributed by atoms with E-state index in [0.29, 0.717) is 13.1 Å². The first-order valence-corrected chi connectivity index (χ1v) is 10.5. The van der Waals surface area contributed by atoms with E-state index in [1.165, 1.54) is 26.6 Å². The van der Waals surface area contributed by atoms with Crippen molar-refractivity contribution >= 4 is 10.2 Å². The first-order valence-electron chi connectivity index (χ1n) is 8.97. The lowest BCUT2D eigenvalue weighted by Gasteiger charge is -2.36. The van der Waals surface area contributed by atoms with Crippen LogP contribution in [0.15, 0.2) is 48.5 Å².